The van der Waals surface area contributed by atoms with Crippen LogP contribution in [-0.4, -0.2) is 18.2 Å². The Morgan fingerprint density at radius 3 is 2.73 bits per heavy atom. The first-order valence-electron chi connectivity index (χ1n) is 4.79. The van der Waals surface area contributed by atoms with E-state index in [-0.39, 0.29) is 5.91 Å². The van der Waals surface area contributed by atoms with Gasteiger partial charge in [0, 0.05) is 11.4 Å². The van der Waals surface area contributed by atoms with Gasteiger partial charge in [-0.05, 0) is 19.1 Å². The minimum absolute atomic E-state index is 0.0421. The fraction of sp³-hybridized carbons (Fsp3) is 0.250. The third kappa shape index (κ3) is 4.70. The molecule has 1 N–H and O–H groups in total. The summed E-state index contributed by atoms with van der Waals surface area (Å²) in [5.74, 6) is 0.497. The lowest BCUT2D eigenvalue weighted by Crippen LogP contribution is -2.24. The molecule has 0 saturated heterocycles. The van der Waals surface area contributed by atoms with E-state index in [2.05, 4.69) is 11.9 Å². The summed E-state index contributed by atoms with van der Waals surface area (Å²) in [6.07, 6.45) is 1.68. The smallest absolute Gasteiger partial charge is 0.230 e. The van der Waals surface area contributed by atoms with Crippen molar-refractivity contribution in [3.05, 3.63) is 42.5 Å². The Morgan fingerprint density at radius 1 is 1.47 bits per heavy atom. The van der Waals surface area contributed by atoms with Crippen LogP contribution < -0.4 is 5.32 Å². The van der Waals surface area contributed by atoms with E-state index >= 15 is 0 Å². The molecule has 0 aliphatic rings. The Balaban J connectivity index is 2.33. The van der Waals surface area contributed by atoms with Gasteiger partial charge < -0.3 is 5.32 Å². The molecular formula is C12H15NOS. The third-order valence-electron chi connectivity index (χ3n) is 1.83. The van der Waals surface area contributed by atoms with Crippen LogP contribution in [0.25, 0.3) is 0 Å². The van der Waals surface area contributed by atoms with Gasteiger partial charge in [-0.1, -0.05) is 23.8 Å². The minimum atomic E-state index is 0.0421. The lowest BCUT2D eigenvalue weighted by atomic mass is 10.2. The van der Waals surface area contributed by atoms with Crippen molar-refractivity contribution in [1.29, 1.82) is 0 Å². The summed E-state index contributed by atoms with van der Waals surface area (Å²) in [6.45, 7) is 6.12. The van der Waals surface area contributed by atoms with Crippen LogP contribution in [0.3, 0.4) is 0 Å². The largest absolute Gasteiger partial charge is 0.352 e. The van der Waals surface area contributed by atoms with Crippen molar-refractivity contribution in [3.63, 3.8) is 0 Å². The molecule has 0 atom stereocenters. The van der Waals surface area contributed by atoms with Gasteiger partial charge in [-0.25, -0.2) is 0 Å². The molecule has 1 aromatic carbocycles. The molecule has 1 aromatic rings. The van der Waals surface area contributed by atoms with Crippen LogP contribution in [0.2, 0.25) is 0 Å². The van der Waals surface area contributed by atoms with E-state index in [1.807, 2.05) is 31.2 Å². The van der Waals surface area contributed by atoms with Crippen molar-refractivity contribution >= 4 is 17.7 Å². The summed E-state index contributed by atoms with van der Waals surface area (Å²) in [5.41, 5.74) is 1.23. The van der Waals surface area contributed by atoms with E-state index in [9.17, 15) is 4.79 Å². The number of hydrogen-bond acceptors (Lipinski definition) is 2. The normalized spacial score (nSPS) is 9.67. The first-order valence-corrected chi connectivity index (χ1v) is 5.78. The van der Waals surface area contributed by atoms with Crippen LogP contribution in [0.4, 0.5) is 0 Å². The highest BCUT2D eigenvalue weighted by Gasteiger charge is 2.00. The summed E-state index contributed by atoms with van der Waals surface area (Å²) < 4.78 is 0. The Morgan fingerprint density at radius 2 is 2.13 bits per heavy atom. The van der Waals surface area contributed by atoms with E-state index in [0.29, 0.717) is 12.3 Å². The summed E-state index contributed by atoms with van der Waals surface area (Å²) in [4.78, 5) is 12.4. The molecule has 1 amide bonds. The predicted molar refractivity (Wildman–Crippen MR) is 65.1 cm³/mol. The highest BCUT2D eigenvalue weighted by atomic mass is 32.2. The maximum atomic E-state index is 11.3. The molecule has 0 aliphatic heterocycles. The molecule has 1 rings (SSSR count). The van der Waals surface area contributed by atoms with E-state index in [1.54, 1.807) is 17.8 Å². The topological polar surface area (TPSA) is 29.1 Å². The first kappa shape index (κ1) is 11.9. The molecular weight excluding hydrogens is 206 g/mol. The van der Waals surface area contributed by atoms with Crippen LogP contribution >= 0.6 is 11.8 Å². The van der Waals surface area contributed by atoms with Gasteiger partial charge >= 0.3 is 0 Å². The average molecular weight is 221 g/mol. The number of aryl methyl sites for hydroxylation is 1. The second kappa shape index (κ2) is 6.30. The van der Waals surface area contributed by atoms with Crippen molar-refractivity contribution < 1.29 is 4.79 Å². The van der Waals surface area contributed by atoms with Gasteiger partial charge in [-0.3, -0.25) is 4.79 Å². The minimum Gasteiger partial charge on any atom is -0.352 e. The Kier molecular flexibility index (Phi) is 4.98. The van der Waals surface area contributed by atoms with Crippen LogP contribution in [0.1, 0.15) is 5.56 Å². The molecule has 0 aromatic heterocycles. The molecule has 0 bridgehead atoms. The van der Waals surface area contributed by atoms with Crippen LogP contribution in [0, 0.1) is 6.92 Å². The van der Waals surface area contributed by atoms with Crippen molar-refractivity contribution in [2.24, 2.45) is 0 Å². The standard InChI is InChI=1S/C12H15NOS/c1-3-8-13-12(14)9-15-11-6-4-10(2)5-7-11/h3-7H,1,8-9H2,2H3,(H,13,14). The van der Waals surface area contributed by atoms with Gasteiger partial charge in [0.2, 0.25) is 5.91 Å². The molecule has 0 saturated carbocycles. The van der Waals surface area contributed by atoms with Gasteiger partial charge in [0.1, 0.15) is 0 Å². The van der Waals surface area contributed by atoms with Crippen LogP contribution in [0.15, 0.2) is 41.8 Å². The van der Waals surface area contributed by atoms with E-state index in [4.69, 9.17) is 0 Å². The first-order chi connectivity index (χ1) is 7.22. The lowest BCUT2D eigenvalue weighted by molar-refractivity contribution is -0.118. The zero-order valence-corrected chi connectivity index (χ0v) is 9.64. The van der Waals surface area contributed by atoms with Gasteiger partial charge in [-0.2, -0.15) is 0 Å². The van der Waals surface area contributed by atoms with Gasteiger partial charge in [0.25, 0.3) is 0 Å². The average Bonchev–Trinajstić information content (AvgIpc) is 2.25. The number of carbonyl (C=O) groups is 1. The van der Waals surface area contributed by atoms with Crippen LogP contribution in [0.5, 0.6) is 0 Å². The molecule has 0 aliphatic carbocycles. The predicted octanol–water partition coefficient (Wildman–Crippen LogP) is 2.39. The fourth-order valence-electron chi connectivity index (χ4n) is 1.02. The summed E-state index contributed by atoms with van der Waals surface area (Å²) in [5, 5.41) is 2.74. The van der Waals surface area contributed by atoms with Gasteiger partial charge in [0.05, 0.1) is 5.75 Å². The number of nitrogens with one attached hydrogen (secondary N) is 1. The van der Waals surface area contributed by atoms with Crippen molar-refractivity contribution in [2.75, 3.05) is 12.3 Å². The molecule has 2 nitrogen and oxygen atoms in total. The molecule has 0 spiro atoms. The lowest BCUT2D eigenvalue weighted by Gasteiger charge is -2.02. The second-order valence-corrected chi connectivity index (χ2v) is 4.24. The van der Waals surface area contributed by atoms with Gasteiger partial charge in [-0.15, -0.1) is 18.3 Å². The molecule has 3 heteroatoms. The fourth-order valence-corrected chi connectivity index (χ4v) is 1.75. The second-order valence-electron chi connectivity index (χ2n) is 3.19. The number of thioether (sulfide) groups is 1. The molecule has 0 heterocycles. The van der Waals surface area contributed by atoms with E-state index in [1.165, 1.54) is 5.56 Å². The highest BCUT2D eigenvalue weighted by Crippen LogP contribution is 2.17. The molecule has 15 heavy (non-hydrogen) atoms. The Hall–Kier alpha value is -1.22. The van der Waals surface area contributed by atoms with E-state index in [0.717, 1.165) is 4.90 Å². The quantitative estimate of drug-likeness (QED) is 0.611. The zero-order valence-electron chi connectivity index (χ0n) is 8.82. The maximum Gasteiger partial charge on any atom is 0.230 e. The summed E-state index contributed by atoms with van der Waals surface area (Å²) >= 11 is 1.54. The number of rotatable bonds is 5. The van der Waals surface area contributed by atoms with Gasteiger partial charge in [0.15, 0.2) is 0 Å². The molecule has 0 radical (unpaired) electrons. The Bertz CT molecular complexity index is 332. The van der Waals surface area contributed by atoms with Crippen molar-refractivity contribution in [1.82, 2.24) is 5.32 Å². The summed E-state index contributed by atoms with van der Waals surface area (Å²) in [7, 11) is 0. The number of carbonyl (C=O) groups excluding carboxylic acids is 1. The SMILES string of the molecule is C=CCNC(=O)CSc1ccc(C)cc1. The maximum absolute atomic E-state index is 11.3. The van der Waals surface area contributed by atoms with E-state index < -0.39 is 0 Å². The summed E-state index contributed by atoms with van der Waals surface area (Å²) in [6, 6.07) is 8.15. The number of amides is 1. The number of benzene rings is 1. The molecule has 0 unspecified atom stereocenters. The zero-order chi connectivity index (χ0) is 11.1. The molecule has 0 fully saturated rings. The molecule has 80 valence electrons. The monoisotopic (exact) mass is 221 g/mol. The Labute approximate surface area is 94.8 Å². The highest BCUT2D eigenvalue weighted by molar-refractivity contribution is 8.00. The number of hydrogen-bond donors (Lipinski definition) is 1. The third-order valence-corrected chi connectivity index (χ3v) is 2.85. The van der Waals surface area contributed by atoms with Crippen molar-refractivity contribution in [3.8, 4) is 0 Å². The van der Waals surface area contributed by atoms with Crippen molar-refractivity contribution in [2.45, 2.75) is 11.8 Å². The van der Waals surface area contributed by atoms with Crippen LogP contribution in [-0.2, 0) is 4.79 Å².